The van der Waals surface area contributed by atoms with E-state index in [0.29, 0.717) is 0 Å². The molecule has 0 aliphatic carbocycles. The SMILES string of the molecule is CC(C#N)N(C)C(=O)c1cccc([N+](=O)[O-])c1. The van der Waals surface area contributed by atoms with Crippen molar-refractivity contribution in [2.75, 3.05) is 7.05 Å². The van der Waals surface area contributed by atoms with Crippen molar-refractivity contribution < 1.29 is 9.72 Å². The summed E-state index contributed by atoms with van der Waals surface area (Å²) in [5.74, 6) is -0.414. The Balaban J connectivity index is 3.01. The molecule has 0 saturated heterocycles. The smallest absolute Gasteiger partial charge is 0.270 e. The molecule has 17 heavy (non-hydrogen) atoms. The highest BCUT2D eigenvalue weighted by atomic mass is 16.6. The van der Waals surface area contributed by atoms with E-state index in [1.807, 2.05) is 6.07 Å². The minimum atomic E-state index is -0.582. The van der Waals surface area contributed by atoms with Gasteiger partial charge in [-0.1, -0.05) is 6.07 Å². The Morgan fingerprint density at radius 2 is 2.24 bits per heavy atom. The van der Waals surface area contributed by atoms with Gasteiger partial charge in [-0.2, -0.15) is 5.26 Å². The van der Waals surface area contributed by atoms with Crippen molar-refractivity contribution in [3.63, 3.8) is 0 Å². The number of nitro benzene ring substituents is 1. The van der Waals surface area contributed by atoms with E-state index >= 15 is 0 Å². The van der Waals surface area contributed by atoms with Crippen molar-refractivity contribution in [3.8, 4) is 6.07 Å². The van der Waals surface area contributed by atoms with Gasteiger partial charge in [0.25, 0.3) is 11.6 Å². The van der Waals surface area contributed by atoms with Crippen molar-refractivity contribution in [1.82, 2.24) is 4.90 Å². The van der Waals surface area contributed by atoms with E-state index in [2.05, 4.69) is 0 Å². The van der Waals surface area contributed by atoms with Crippen LogP contribution in [0.25, 0.3) is 0 Å². The fraction of sp³-hybridized carbons (Fsp3) is 0.273. The van der Waals surface area contributed by atoms with E-state index in [9.17, 15) is 14.9 Å². The zero-order valence-corrected chi connectivity index (χ0v) is 9.45. The molecule has 0 radical (unpaired) electrons. The quantitative estimate of drug-likeness (QED) is 0.585. The number of benzene rings is 1. The van der Waals surface area contributed by atoms with Gasteiger partial charge < -0.3 is 4.90 Å². The lowest BCUT2D eigenvalue weighted by molar-refractivity contribution is -0.384. The zero-order chi connectivity index (χ0) is 13.0. The normalized spacial score (nSPS) is 11.4. The molecule has 0 N–H and O–H groups in total. The van der Waals surface area contributed by atoms with Crippen LogP contribution in [0.3, 0.4) is 0 Å². The Morgan fingerprint density at radius 3 is 2.76 bits per heavy atom. The lowest BCUT2D eigenvalue weighted by atomic mass is 10.1. The molecule has 0 spiro atoms. The molecule has 1 unspecified atom stereocenters. The summed E-state index contributed by atoms with van der Waals surface area (Å²) in [5.41, 5.74) is 0.0534. The number of nitriles is 1. The molecule has 0 aliphatic rings. The van der Waals surface area contributed by atoms with Crippen molar-refractivity contribution in [2.45, 2.75) is 13.0 Å². The van der Waals surface area contributed by atoms with Gasteiger partial charge >= 0.3 is 0 Å². The number of rotatable bonds is 3. The van der Waals surface area contributed by atoms with Crippen molar-refractivity contribution in [1.29, 1.82) is 5.26 Å². The van der Waals surface area contributed by atoms with Crippen molar-refractivity contribution >= 4 is 11.6 Å². The highest BCUT2D eigenvalue weighted by molar-refractivity contribution is 5.95. The van der Waals surface area contributed by atoms with Crippen LogP contribution in [-0.4, -0.2) is 28.8 Å². The molecule has 0 heterocycles. The predicted molar refractivity (Wildman–Crippen MR) is 60.3 cm³/mol. The number of non-ortho nitro benzene ring substituents is 1. The van der Waals surface area contributed by atoms with Gasteiger partial charge in [-0.15, -0.1) is 0 Å². The molecule has 0 saturated carbocycles. The van der Waals surface area contributed by atoms with Crippen LogP contribution in [0.15, 0.2) is 24.3 Å². The molecule has 0 aliphatic heterocycles. The van der Waals surface area contributed by atoms with Gasteiger partial charge in [0.1, 0.15) is 6.04 Å². The number of hydrogen-bond donors (Lipinski definition) is 0. The summed E-state index contributed by atoms with van der Waals surface area (Å²) in [6.07, 6.45) is 0. The number of hydrogen-bond acceptors (Lipinski definition) is 4. The van der Waals surface area contributed by atoms with Crippen LogP contribution in [0, 0.1) is 21.4 Å². The summed E-state index contributed by atoms with van der Waals surface area (Å²) in [6, 6.07) is 6.77. The van der Waals surface area contributed by atoms with E-state index in [1.54, 1.807) is 6.92 Å². The topological polar surface area (TPSA) is 87.2 Å². The van der Waals surface area contributed by atoms with E-state index in [4.69, 9.17) is 5.26 Å². The molecule has 1 atom stereocenters. The number of carbonyl (C=O) groups is 1. The van der Waals surface area contributed by atoms with Gasteiger partial charge in [0, 0.05) is 24.7 Å². The third-order valence-corrected chi connectivity index (χ3v) is 2.39. The highest BCUT2D eigenvalue weighted by Crippen LogP contribution is 2.15. The van der Waals surface area contributed by atoms with Crippen LogP contribution in [0.5, 0.6) is 0 Å². The minimum absolute atomic E-state index is 0.145. The second kappa shape index (κ2) is 5.07. The zero-order valence-electron chi connectivity index (χ0n) is 9.45. The first-order chi connectivity index (χ1) is 7.97. The third-order valence-electron chi connectivity index (χ3n) is 2.39. The number of nitro groups is 1. The van der Waals surface area contributed by atoms with Gasteiger partial charge in [-0.05, 0) is 13.0 Å². The molecule has 88 valence electrons. The maximum atomic E-state index is 11.9. The third kappa shape index (κ3) is 2.78. The summed E-state index contributed by atoms with van der Waals surface area (Å²) >= 11 is 0. The number of carbonyl (C=O) groups excluding carboxylic acids is 1. The van der Waals surface area contributed by atoms with Gasteiger partial charge in [0.15, 0.2) is 0 Å². The summed E-state index contributed by atoms with van der Waals surface area (Å²) in [5, 5.41) is 19.3. The lowest BCUT2D eigenvalue weighted by Gasteiger charge is -2.19. The summed E-state index contributed by atoms with van der Waals surface area (Å²) < 4.78 is 0. The standard InChI is InChI=1S/C11H11N3O3/c1-8(7-12)13(2)11(15)9-4-3-5-10(6-9)14(16)17/h3-6,8H,1-2H3. The first-order valence-electron chi connectivity index (χ1n) is 4.88. The molecule has 6 heteroatoms. The van der Waals surface area contributed by atoms with E-state index in [1.165, 1.54) is 36.2 Å². The van der Waals surface area contributed by atoms with Gasteiger partial charge in [-0.3, -0.25) is 14.9 Å². The van der Waals surface area contributed by atoms with Crippen LogP contribution in [0.1, 0.15) is 17.3 Å². The van der Waals surface area contributed by atoms with Crippen LogP contribution >= 0.6 is 0 Å². The molecular weight excluding hydrogens is 222 g/mol. The molecule has 0 bridgehead atoms. The maximum absolute atomic E-state index is 11.9. The van der Waals surface area contributed by atoms with Crippen LogP contribution < -0.4 is 0 Å². The maximum Gasteiger partial charge on any atom is 0.270 e. The fourth-order valence-corrected chi connectivity index (χ4v) is 1.22. The summed E-state index contributed by atoms with van der Waals surface area (Å²) in [7, 11) is 1.48. The highest BCUT2D eigenvalue weighted by Gasteiger charge is 2.18. The summed E-state index contributed by atoms with van der Waals surface area (Å²) in [4.78, 5) is 23.1. The molecule has 1 aromatic rings. The lowest BCUT2D eigenvalue weighted by Crippen LogP contribution is -2.34. The summed E-state index contributed by atoms with van der Waals surface area (Å²) in [6.45, 7) is 1.58. The first kappa shape index (κ1) is 12.6. The molecule has 0 fully saturated rings. The monoisotopic (exact) mass is 233 g/mol. The van der Waals surface area contributed by atoms with Crippen molar-refractivity contribution in [2.24, 2.45) is 0 Å². The van der Waals surface area contributed by atoms with Gasteiger partial charge in [0.2, 0.25) is 0 Å². The molecule has 0 aromatic heterocycles. The molecule has 1 rings (SSSR count). The van der Waals surface area contributed by atoms with E-state index in [-0.39, 0.29) is 11.3 Å². The fourth-order valence-electron chi connectivity index (χ4n) is 1.22. The average Bonchev–Trinajstić information content (AvgIpc) is 2.36. The Labute approximate surface area is 98.2 Å². The Hall–Kier alpha value is -2.42. The Kier molecular flexibility index (Phi) is 3.78. The Morgan fingerprint density at radius 1 is 1.59 bits per heavy atom. The number of amides is 1. The second-order valence-electron chi connectivity index (χ2n) is 3.53. The Bertz CT molecular complexity index is 493. The van der Waals surface area contributed by atoms with E-state index < -0.39 is 16.9 Å². The average molecular weight is 233 g/mol. The molecule has 1 aromatic carbocycles. The van der Waals surface area contributed by atoms with E-state index in [0.717, 1.165) is 0 Å². The first-order valence-corrected chi connectivity index (χ1v) is 4.88. The van der Waals surface area contributed by atoms with Gasteiger partial charge in [-0.25, -0.2) is 0 Å². The minimum Gasteiger partial charge on any atom is -0.326 e. The largest absolute Gasteiger partial charge is 0.326 e. The second-order valence-corrected chi connectivity index (χ2v) is 3.53. The van der Waals surface area contributed by atoms with Crippen molar-refractivity contribution in [3.05, 3.63) is 39.9 Å². The van der Waals surface area contributed by atoms with Gasteiger partial charge in [0.05, 0.1) is 11.0 Å². The van der Waals surface area contributed by atoms with Crippen LogP contribution in [0.2, 0.25) is 0 Å². The molecular formula is C11H11N3O3. The molecule has 6 nitrogen and oxygen atoms in total. The molecule has 1 amide bonds. The van der Waals surface area contributed by atoms with Crippen LogP contribution in [-0.2, 0) is 0 Å². The predicted octanol–water partition coefficient (Wildman–Crippen LogP) is 1.58. The number of nitrogens with zero attached hydrogens (tertiary/aromatic N) is 3. The van der Waals surface area contributed by atoms with Crippen LogP contribution in [0.4, 0.5) is 5.69 Å².